The Balaban J connectivity index is 1.72. The predicted molar refractivity (Wildman–Crippen MR) is 86.3 cm³/mol. The number of rotatable bonds is 5. The van der Waals surface area contributed by atoms with Crippen molar-refractivity contribution < 1.29 is 14.1 Å². The third-order valence-corrected chi connectivity index (χ3v) is 4.33. The van der Waals surface area contributed by atoms with Crippen molar-refractivity contribution in [1.82, 2.24) is 10.1 Å². The Bertz CT molecular complexity index is 680. The van der Waals surface area contributed by atoms with Gasteiger partial charge in [0.05, 0.1) is 25.3 Å². The number of nitrogens with zero attached hydrogens (tertiary/aromatic N) is 2. The Labute approximate surface area is 136 Å². The molecule has 1 aliphatic rings. The first kappa shape index (κ1) is 15.6. The van der Waals surface area contributed by atoms with Gasteiger partial charge < -0.3 is 14.2 Å². The number of carbonyl (C=O) groups is 1. The smallest absolute Gasteiger partial charge is 0.227 e. The average molecular weight is 314 g/mol. The molecule has 0 unspecified atom stereocenters. The SMILES string of the molecule is CCc1cc([C@H]2CCCN2C(=O)Cc2cccc(OC)c2)on1. The van der Waals surface area contributed by atoms with Crippen LogP contribution in [-0.2, 0) is 17.6 Å². The fourth-order valence-electron chi connectivity index (χ4n) is 3.07. The first-order valence-electron chi connectivity index (χ1n) is 8.09. The summed E-state index contributed by atoms with van der Waals surface area (Å²) < 4.78 is 10.7. The Hall–Kier alpha value is -2.30. The number of benzene rings is 1. The minimum Gasteiger partial charge on any atom is -0.497 e. The van der Waals surface area contributed by atoms with E-state index in [4.69, 9.17) is 9.26 Å². The van der Waals surface area contributed by atoms with Gasteiger partial charge in [0.15, 0.2) is 5.76 Å². The molecule has 0 radical (unpaired) electrons. The molecule has 23 heavy (non-hydrogen) atoms. The maximum Gasteiger partial charge on any atom is 0.227 e. The lowest BCUT2D eigenvalue weighted by Gasteiger charge is -2.22. The van der Waals surface area contributed by atoms with Crippen molar-refractivity contribution in [2.24, 2.45) is 0 Å². The van der Waals surface area contributed by atoms with Gasteiger partial charge in [-0.1, -0.05) is 24.2 Å². The molecule has 1 fully saturated rings. The number of methoxy groups -OCH3 is 1. The molecule has 0 saturated carbocycles. The monoisotopic (exact) mass is 314 g/mol. The minimum absolute atomic E-state index is 0.0147. The third-order valence-electron chi connectivity index (χ3n) is 4.33. The van der Waals surface area contributed by atoms with Crippen molar-refractivity contribution in [1.29, 1.82) is 0 Å². The molecule has 1 aromatic heterocycles. The molecular formula is C18H22N2O3. The van der Waals surface area contributed by atoms with Crippen LogP contribution in [-0.4, -0.2) is 29.6 Å². The van der Waals surface area contributed by atoms with Crippen molar-refractivity contribution in [3.8, 4) is 5.75 Å². The number of amides is 1. The zero-order chi connectivity index (χ0) is 16.2. The fraction of sp³-hybridized carbons (Fsp3) is 0.444. The highest BCUT2D eigenvalue weighted by Crippen LogP contribution is 2.33. The van der Waals surface area contributed by atoms with E-state index in [0.717, 1.165) is 48.6 Å². The molecule has 1 amide bonds. The Morgan fingerprint density at radius 2 is 2.30 bits per heavy atom. The van der Waals surface area contributed by atoms with Crippen LogP contribution in [0.2, 0.25) is 0 Å². The topological polar surface area (TPSA) is 55.6 Å². The van der Waals surface area contributed by atoms with Crippen LogP contribution >= 0.6 is 0 Å². The largest absolute Gasteiger partial charge is 0.497 e. The second-order valence-electron chi connectivity index (χ2n) is 5.85. The van der Waals surface area contributed by atoms with Crippen molar-refractivity contribution in [2.45, 2.75) is 38.6 Å². The average Bonchev–Trinajstić information content (AvgIpc) is 3.23. The summed E-state index contributed by atoms with van der Waals surface area (Å²) in [7, 11) is 1.63. The van der Waals surface area contributed by atoms with E-state index < -0.39 is 0 Å². The van der Waals surface area contributed by atoms with Crippen LogP contribution in [0.15, 0.2) is 34.9 Å². The van der Waals surface area contributed by atoms with E-state index in [9.17, 15) is 4.79 Å². The van der Waals surface area contributed by atoms with Crippen LogP contribution < -0.4 is 4.74 Å². The standard InChI is InChI=1S/C18H22N2O3/c1-3-14-12-17(23-19-14)16-8-5-9-20(16)18(21)11-13-6-4-7-15(10-13)22-2/h4,6-7,10,12,16H,3,5,8-9,11H2,1-2H3/t16-/m1/s1. The summed E-state index contributed by atoms with van der Waals surface area (Å²) in [6.07, 6.45) is 3.15. The Kier molecular flexibility index (Phi) is 4.65. The molecule has 2 heterocycles. The molecular weight excluding hydrogens is 292 g/mol. The molecule has 0 aliphatic carbocycles. The first-order valence-corrected chi connectivity index (χ1v) is 8.09. The van der Waals surface area contributed by atoms with E-state index >= 15 is 0 Å². The lowest BCUT2D eigenvalue weighted by molar-refractivity contribution is -0.131. The quantitative estimate of drug-likeness (QED) is 0.850. The molecule has 5 nitrogen and oxygen atoms in total. The van der Waals surface area contributed by atoms with E-state index in [1.807, 2.05) is 42.2 Å². The Morgan fingerprint density at radius 1 is 1.43 bits per heavy atom. The van der Waals surface area contributed by atoms with Crippen molar-refractivity contribution >= 4 is 5.91 Å². The van der Waals surface area contributed by atoms with Crippen LogP contribution in [0.5, 0.6) is 5.75 Å². The van der Waals surface area contributed by atoms with Crippen LogP contribution in [0.25, 0.3) is 0 Å². The summed E-state index contributed by atoms with van der Waals surface area (Å²) in [4.78, 5) is 14.6. The minimum atomic E-state index is 0.0147. The van der Waals surface area contributed by atoms with E-state index in [0.29, 0.717) is 6.42 Å². The number of carbonyl (C=O) groups excluding carboxylic acids is 1. The molecule has 122 valence electrons. The molecule has 1 atom stereocenters. The van der Waals surface area contributed by atoms with Crippen LogP contribution in [0.1, 0.15) is 42.8 Å². The van der Waals surface area contributed by atoms with Gasteiger partial charge in [-0.3, -0.25) is 4.79 Å². The van der Waals surface area contributed by atoms with Gasteiger partial charge in [0.25, 0.3) is 0 Å². The fourth-order valence-corrected chi connectivity index (χ4v) is 3.07. The lowest BCUT2D eigenvalue weighted by atomic mass is 10.1. The second-order valence-corrected chi connectivity index (χ2v) is 5.85. The number of hydrogen-bond donors (Lipinski definition) is 0. The highest BCUT2D eigenvalue weighted by atomic mass is 16.5. The number of ether oxygens (including phenoxy) is 1. The van der Waals surface area contributed by atoms with E-state index in [1.54, 1.807) is 7.11 Å². The van der Waals surface area contributed by atoms with E-state index in [1.165, 1.54) is 0 Å². The molecule has 0 spiro atoms. The van der Waals surface area contributed by atoms with Gasteiger partial charge in [0.2, 0.25) is 5.91 Å². The van der Waals surface area contributed by atoms with Crippen molar-refractivity contribution in [3.63, 3.8) is 0 Å². The summed E-state index contributed by atoms with van der Waals surface area (Å²) in [5.74, 6) is 1.70. The van der Waals surface area contributed by atoms with Crippen molar-refractivity contribution in [2.75, 3.05) is 13.7 Å². The lowest BCUT2D eigenvalue weighted by Crippen LogP contribution is -2.31. The van der Waals surface area contributed by atoms with E-state index in [2.05, 4.69) is 5.16 Å². The molecule has 1 saturated heterocycles. The zero-order valence-electron chi connectivity index (χ0n) is 13.6. The van der Waals surface area contributed by atoms with Crippen molar-refractivity contribution in [3.05, 3.63) is 47.3 Å². The van der Waals surface area contributed by atoms with Gasteiger partial charge in [-0.2, -0.15) is 0 Å². The summed E-state index contributed by atoms with van der Waals surface area (Å²) in [5.41, 5.74) is 1.90. The first-order chi connectivity index (χ1) is 11.2. The van der Waals surface area contributed by atoms with Gasteiger partial charge in [0.1, 0.15) is 5.75 Å². The highest BCUT2D eigenvalue weighted by Gasteiger charge is 2.32. The summed E-state index contributed by atoms with van der Waals surface area (Å²) in [6, 6.07) is 9.64. The molecule has 1 aromatic carbocycles. The van der Waals surface area contributed by atoms with Crippen LogP contribution in [0, 0.1) is 0 Å². The van der Waals surface area contributed by atoms with Gasteiger partial charge in [-0.15, -0.1) is 0 Å². The van der Waals surface area contributed by atoms with E-state index in [-0.39, 0.29) is 11.9 Å². The van der Waals surface area contributed by atoms with Gasteiger partial charge in [-0.25, -0.2) is 0 Å². The predicted octanol–water partition coefficient (Wildman–Crippen LogP) is 3.15. The summed E-state index contributed by atoms with van der Waals surface area (Å²) in [6.45, 7) is 2.82. The maximum atomic E-state index is 12.7. The molecule has 2 aromatic rings. The maximum absolute atomic E-state index is 12.7. The zero-order valence-corrected chi connectivity index (χ0v) is 13.6. The number of aromatic nitrogens is 1. The number of likely N-dealkylation sites (tertiary alicyclic amines) is 1. The normalized spacial score (nSPS) is 17.5. The summed E-state index contributed by atoms with van der Waals surface area (Å²) in [5, 5.41) is 4.05. The number of aryl methyl sites for hydroxylation is 1. The Morgan fingerprint density at radius 3 is 3.04 bits per heavy atom. The molecule has 0 bridgehead atoms. The van der Waals surface area contributed by atoms with Crippen LogP contribution in [0.4, 0.5) is 0 Å². The number of hydrogen-bond acceptors (Lipinski definition) is 4. The van der Waals surface area contributed by atoms with Gasteiger partial charge in [-0.05, 0) is 37.0 Å². The molecule has 1 aliphatic heterocycles. The molecule has 5 heteroatoms. The highest BCUT2D eigenvalue weighted by molar-refractivity contribution is 5.79. The third kappa shape index (κ3) is 3.38. The molecule has 0 N–H and O–H groups in total. The second kappa shape index (κ2) is 6.86. The van der Waals surface area contributed by atoms with Crippen LogP contribution in [0.3, 0.4) is 0 Å². The molecule has 3 rings (SSSR count). The van der Waals surface area contributed by atoms with Gasteiger partial charge >= 0.3 is 0 Å². The summed E-state index contributed by atoms with van der Waals surface area (Å²) >= 11 is 0. The van der Waals surface area contributed by atoms with Gasteiger partial charge in [0, 0.05) is 12.6 Å².